The van der Waals surface area contributed by atoms with E-state index in [1.54, 1.807) is 41.3 Å². The second-order valence-electron chi connectivity index (χ2n) is 8.50. The number of phenols is 2. The lowest BCUT2D eigenvalue weighted by Gasteiger charge is -2.21. The Morgan fingerprint density at radius 3 is 2.06 bits per heavy atom. The van der Waals surface area contributed by atoms with E-state index in [0.717, 1.165) is 12.0 Å². The Morgan fingerprint density at radius 1 is 0.938 bits per heavy atom. The number of carbonyl (C=O) groups is 2. The molecule has 0 aromatic heterocycles. The minimum Gasteiger partial charge on any atom is -0.506 e. The molecule has 0 heterocycles. The third-order valence-corrected chi connectivity index (χ3v) is 5.66. The molecule has 6 nitrogen and oxygen atoms in total. The quantitative estimate of drug-likeness (QED) is 0.522. The van der Waals surface area contributed by atoms with Crippen molar-refractivity contribution < 1.29 is 19.8 Å². The number of carbonyl (C=O) groups excluding carboxylic acids is 2. The first-order chi connectivity index (χ1) is 15.2. The van der Waals surface area contributed by atoms with Gasteiger partial charge in [0.2, 0.25) is 0 Å². The fourth-order valence-corrected chi connectivity index (χ4v) is 3.92. The lowest BCUT2D eigenvalue weighted by molar-refractivity contribution is -0.129. The molecule has 1 aliphatic rings. The second-order valence-corrected chi connectivity index (χ2v) is 8.50. The molecule has 32 heavy (non-hydrogen) atoms. The predicted octanol–water partition coefficient (Wildman–Crippen LogP) is 4.26. The first kappa shape index (κ1) is 23.1. The van der Waals surface area contributed by atoms with Gasteiger partial charge in [-0.05, 0) is 72.4 Å². The van der Waals surface area contributed by atoms with Crippen LogP contribution in [0.4, 0.5) is 11.4 Å². The van der Waals surface area contributed by atoms with E-state index >= 15 is 0 Å². The molecule has 168 valence electrons. The van der Waals surface area contributed by atoms with Crippen molar-refractivity contribution in [2.24, 2.45) is 5.92 Å². The molecule has 2 aromatic carbocycles. The van der Waals surface area contributed by atoms with Gasteiger partial charge in [0.15, 0.2) is 11.6 Å². The van der Waals surface area contributed by atoms with Crippen LogP contribution >= 0.6 is 0 Å². The summed E-state index contributed by atoms with van der Waals surface area (Å²) < 4.78 is 0. The highest BCUT2D eigenvalue weighted by atomic mass is 16.3. The Labute approximate surface area is 189 Å². The maximum Gasteiger partial charge on any atom is 0.169 e. The van der Waals surface area contributed by atoms with Gasteiger partial charge in [-0.2, -0.15) is 0 Å². The largest absolute Gasteiger partial charge is 0.506 e. The number of hydrogen-bond donors (Lipinski definition) is 2. The van der Waals surface area contributed by atoms with Gasteiger partial charge in [0, 0.05) is 28.2 Å². The molecular formula is C26H30N2O4. The molecule has 6 heteroatoms. The van der Waals surface area contributed by atoms with Crippen LogP contribution in [-0.4, -0.2) is 50.0 Å². The molecule has 1 saturated carbocycles. The van der Waals surface area contributed by atoms with E-state index in [9.17, 15) is 19.8 Å². The number of benzene rings is 2. The summed E-state index contributed by atoms with van der Waals surface area (Å²) in [5.41, 5.74) is 3.42. The van der Waals surface area contributed by atoms with Gasteiger partial charge in [0.05, 0.1) is 17.3 Å². The average Bonchev–Trinajstić information content (AvgIpc) is 2.73. The van der Waals surface area contributed by atoms with Crippen LogP contribution in [-0.2, 0) is 9.59 Å². The number of nitrogens with zero attached hydrogens (tertiary/aromatic N) is 2. The molecule has 2 N–H and O–H groups in total. The van der Waals surface area contributed by atoms with Crippen molar-refractivity contribution in [1.82, 2.24) is 0 Å². The standard InChI is InChI=1S/C26H30N2O4/c1-27(2)21-11-8-17(15-24(21)30)10-13-23(29)20-7-5-6-19(26(20)32)14-18-9-12-22(28(3)4)25(31)16-18/h8-16,20,30-31H,5-7H2,1-4H3. The Morgan fingerprint density at radius 2 is 1.50 bits per heavy atom. The molecule has 1 unspecified atom stereocenters. The molecule has 1 atom stereocenters. The van der Waals surface area contributed by atoms with Gasteiger partial charge < -0.3 is 20.0 Å². The van der Waals surface area contributed by atoms with Gasteiger partial charge in [-0.3, -0.25) is 9.59 Å². The zero-order valence-corrected chi connectivity index (χ0v) is 19.0. The van der Waals surface area contributed by atoms with Crippen LogP contribution in [0.5, 0.6) is 11.5 Å². The van der Waals surface area contributed by atoms with E-state index in [1.807, 2.05) is 45.2 Å². The van der Waals surface area contributed by atoms with Gasteiger partial charge in [-0.25, -0.2) is 0 Å². The minimum atomic E-state index is -0.699. The summed E-state index contributed by atoms with van der Waals surface area (Å²) in [5.74, 6) is -0.815. The van der Waals surface area contributed by atoms with Crippen molar-refractivity contribution in [3.05, 3.63) is 59.2 Å². The number of hydrogen-bond acceptors (Lipinski definition) is 6. The van der Waals surface area contributed by atoms with Crippen molar-refractivity contribution in [3.63, 3.8) is 0 Å². The van der Waals surface area contributed by atoms with Crippen molar-refractivity contribution in [1.29, 1.82) is 0 Å². The summed E-state index contributed by atoms with van der Waals surface area (Å²) in [6.45, 7) is 0. The Bertz CT molecular complexity index is 1080. The molecule has 0 bridgehead atoms. The molecule has 2 aromatic rings. The molecule has 1 fully saturated rings. The highest BCUT2D eigenvalue weighted by molar-refractivity contribution is 6.16. The fraction of sp³-hybridized carbons (Fsp3) is 0.308. The van der Waals surface area contributed by atoms with E-state index < -0.39 is 5.92 Å². The molecule has 0 amide bonds. The van der Waals surface area contributed by atoms with E-state index in [2.05, 4.69) is 0 Å². The predicted molar refractivity (Wildman–Crippen MR) is 129 cm³/mol. The van der Waals surface area contributed by atoms with Gasteiger partial charge in [0.25, 0.3) is 0 Å². The third kappa shape index (κ3) is 5.19. The number of anilines is 2. The van der Waals surface area contributed by atoms with Gasteiger partial charge in [0.1, 0.15) is 11.5 Å². The molecule has 0 aliphatic heterocycles. The molecule has 3 rings (SSSR count). The SMILES string of the molecule is CN(C)c1ccc(C=CC(=O)C2CCCC(=Cc3ccc(N(C)C)c(O)c3)C2=O)cc1O. The Balaban J connectivity index is 1.75. The zero-order valence-electron chi connectivity index (χ0n) is 19.0. The topological polar surface area (TPSA) is 81.1 Å². The minimum absolute atomic E-state index is 0.132. The number of phenolic OH excluding ortho intramolecular Hbond substituents is 2. The third-order valence-electron chi connectivity index (χ3n) is 5.66. The van der Waals surface area contributed by atoms with Crippen LogP contribution in [0.25, 0.3) is 12.2 Å². The average molecular weight is 435 g/mol. The van der Waals surface area contributed by atoms with Crippen LogP contribution in [0.15, 0.2) is 48.0 Å². The first-order valence-corrected chi connectivity index (χ1v) is 10.6. The lowest BCUT2D eigenvalue weighted by atomic mass is 9.81. The summed E-state index contributed by atoms with van der Waals surface area (Å²) >= 11 is 0. The number of allylic oxidation sites excluding steroid dienone is 2. The Kier molecular flexibility index (Phi) is 7.03. The zero-order chi connectivity index (χ0) is 23.4. The highest BCUT2D eigenvalue weighted by Gasteiger charge is 2.30. The number of rotatable bonds is 6. The molecule has 1 aliphatic carbocycles. The van der Waals surface area contributed by atoms with Crippen molar-refractivity contribution >= 4 is 35.1 Å². The molecule has 0 saturated heterocycles. The number of aromatic hydroxyl groups is 2. The van der Waals surface area contributed by atoms with Crippen LogP contribution < -0.4 is 9.80 Å². The van der Waals surface area contributed by atoms with Gasteiger partial charge in [-0.15, -0.1) is 0 Å². The van der Waals surface area contributed by atoms with Crippen LogP contribution in [0.3, 0.4) is 0 Å². The lowest BCUT2D eigenvalue weighted by Crippen LogP contribution is -2.27. The summed E-state index contributed by atoms with van der Waals surface area (Å²) in [6.07, 6.45) is 6.71. The van der Waals surface area contributed by atoms with E-state index in [-0.39, 0.29) is 23.1 Å². The van der Waals surface area contributed by atoms with Crippen molar-refractivity contribution in [3.8, 4) is 11.5 Å². The highest BCUT2D eigenvalue weighted by Crippen LogP contribution is 2.31. The van der Waals surface area contributed by atoms with E-state index in [4.69, 9.17) is 0 Å². The van der Waals surface area contributed by atoms with E-state index in [1.165, 1.54) is 6.08 Å². The summed E-state index contributed by atoms with van der Waals surface area (Å²) in [6, 6.07) is 10.5. The monoisotopic (exact) mass is 434 g/mol. The summed E-state index contributed by atoms with van der Waals surface area (Å²) in [5, 5.41) is 20.3. The maximum absolute atomic E-state index is 13.0. The van der Waals surface area contributed by atoms with E-state index in [0.29, 0.717) is 35.4 Å². The molecular weight excluding hydrogens is 404 g/mol. The summed E-state index contributed by atoms with van der Waals surface area (Å²) in [7, 11) is 7.37. The van der Waals surface area contributed by atoms with Crippen molar-refractivity contribution in [2.75, 3.05) is 38.0 Å². The molecule has 0 spiro atoms. The smallest absolute Gasteiger partial charge is 0.169 e. The maximum atomic E-state index is 13.0. The van der Waals surface area contributed by atoms with Gasteiger partial charge >= 0.3 is 0 Å². The fourth-order valence-electron chi connectivity index (χ4n) is 3.92. The van der Waals surface area contributed by atoms with Crippen LogP contribution in [0.1, 0.15) is 30.4 Å². The second kappa shape index (κ2) is 9.73. The van der Waals surface area contributed by atoms with Crippen molar-refractivity contribution in [2.45, 2.75) is 19.3 Å². The van der Waals surface area contributed by atoms with Gasteiger partial charge in [-0.1, -0.05) is 18.2 Å². The Hall–Kier alpha value is -3.54. The molecule has 0 radical (unpaired) electrons. The number of ketones is 2. The van der Waals surface area contributed by atoms with Crippen LogP contribution in [0.2, 0.25) is 0 Å². The normalized spacial score (nSPS) is 17.7. The first-order valence-electron chi connectivity index (χ1n) is 10.6. The summed E-state index contributed by atoms with van der Waals surface area (Å²) in [4.78, 5) is 29.4. The van der Waals surface area contributed by atoms with Crippen LogP contribution in [0, 0.1) is 5.92 Å². The number of Topliss-reactive ketones (excluding diaryl/α,β-unsaturated/α-hetero) is 1.